The van der Waals surface area contributed by atoms with Crippen molar-refractivity contribution < 1.29 is 84.4 Å². The van der Waals surface area contributed by atoms with Gasteiger partial charge >= 0.3 is 59.1 Å². The summed E-state index contributed by atoms with van der Waals surface area (Å²) in [6, 6.07) is 12.3. The largest absolute Gasteiger partial charge is 1.00 e. The summed E-state index contributed by atoms with van der Waals surface area (Å²) in [7, 11) is 0. The van der Waals surface area contributed by atoms with E-state index in [1.165, 1.54) is 24.3 Å². The third-order valence-electron chi connectivity index (χ3n) is 2.57. The van der Waals surface area contributed by atoms with Crippen LogP contribution in [-0.4, -0.2) is 17.4 Å². The van der Waals surface area contributed by atoms with Crippen molar-refractivity contribution in [2.75, 3.05) is 0 Å². The van der Waals surface area contributed by atoms with Crippen molar-refractivity contribution in [3.05, 3.63) is 59.7 Å². The first-order chi connectivity index (χ1) is 8.58. The molecule has 2 aromatic carbocycles. The Morgan fingerprint density at radius 2 is 0.857 bits per heavy atom. The molecule has 0 spiro atoms. The van der Waals surface area contributed by atoms with Crippen LogP contribution in [0.15, 0.2) is 48.5 Å². The van der Waals surface area contributed by atoms with Gasteiger partial charge in [0.15, 0.2) is 0 Å². The summed E-state index contributed by atoms with van der Waals surface area (Å²) in [6.07, 6.45) is 0. The molecule has 0 aromatic heterocycles. The van der Waals surface area contributed by atoms with E-state index < -0.39 is 11.9 Å². The molecule has 0 amide bonds. The van der Waals surface area contributed by atoms with Gasteiger partial charge < -0.3 is 25.3 Å². The molecule has 0 bridgehead atoms. The first-order valence-corrected chi connectivity index (χ1v) is 5.21. The SMILES string of the molecule is O.O=C([O-])c1ccc(-c2ccc(C(=O)[O-])cc2)cc1.[Na+].[Na+]. The molecule has 0 unspecified atom stereocenters. The number of carboxylic acids is 2. The van der Waals surface area contributed by atoms with Crippen LogP contribution >= 0.6 is 0 Å². The fraction of sp³-hybridized carbons (Fsp3) is 0. The Morgan fingerprint density at radius 3 is 1.05 bits per heavy atom. The van der Waals surface area contributed by atoms with Crippen molar-refractivity contribution in [3.63, 3.8) is 0 Å². The second kappa shape index (κ2) is 10.1. The molecule has 2 aromatic rings. The number of carbonyl (C=O) groups excluding carboxylic acids is 2. The number of hydrogen-bond donors (Lipinski definition) is 0. The first kappa shape index (κ1) is 22.6. The van der Waals surface area contributed by atoms with Crippen LogP contribution in [0.25, 0.3) is 11.1 Å². The Morgan fingerprint density at radius 1 is 0.619 bits per heavy atom. The average Bonchev–Trinajstić information content (AvgIpc) is 2.39. The second-order valence-electron chi connectivity index (χ2n) is 3.73. The van der Waals surface area contributed by atoms with Crippen LogP contribution in [0, 0.1) is 0 Å². The summed E-state index contributed by atoms with van der Waals surface area (Å²) in [5, 5.41) is 21.2. The quantitative estimate of drug-likeness (QED) is 0.525. The van der Waals surface area contributed by atoms with Gasteiger partial charge in [0.25, 0.3) is 0 Å². The number of hydrogen-bond acceptors (Lipinski definition) is 4. The predicted molar refractivity (Wildman–Crippen MR) is 64.2 cm³/mol. The van der Waals surface area contributed by atoms with Gasteiger partial charge in [-0.1, -0.05) is 48.5 Å². The maximum absolute atomic E-state index is 10.6. The monoisotopic (exact) mass is 304 g/mol. The molecule has 0 heterocycles. The summed E-state index contributed by atoms with van der Waals surface area (Å²) in [6.45, 7) is 0. The summed E-state index contributed by atoms with van der Waals surface area (Å²) >= 11 is 0. The summed E-state index contributed by atoms with van der Waals surface area (Å²) < 4.78 is 0. The molecule has 0 saturated carbocycles. The van der Waals surface area contributed by atoms with Crippen LogP contribution < -0.4 is 69.3 Å². The summed E-state index contributed by atoms with van der Waals surface area (Å²) in [4.78, 5) is 21.2. The van der Waals surface area contributed by atoms with Crippen LogP contribution in [-0.2, 0) is 0 Å². The molecule has 0 fully saturated rings. The van der Waals surface area contributed by atoms with E-state index in [2.05, 4.69) is 0 Å². The molecular weight excluding hydrogens is 294 g/mol. The Bertz CT molecular complexity index is 538. The molecule has 0 saturated heterocycles. The van der Waals surface area contributed by atoms with E-state index in [9.17, 15) is 19.8 Å². The van der Waals surface area contributed by atoms with Crippen LogP contribution in [0.4, 0.5) is 0 Å². The zero-order valence-electron chi connectivity index (χ0n) is 11.8. The van der Waals surface area contributed by atoms with E-state index in [1.54, 1.807) is 24.3 Å². The minimum absolute atomic E-state index is 0. The topological polar surface area (TPSA) is 112 Å². The standard InChI is InChI=1S/C14H10O4.2Na.H2O/c15-13(16)11-5-1-9(2-6-11)10-3-7-12(8-4-10)14(17)18;;;/h1-8H,(H,15,16)(H,17,18);;;1H2/q;2*+1;/p-2. The zero-order chi connectivity index (χ0) is 13.1. The maximum Gasteiger partial charge on any atom is 1.00 e. The normalized spacial score (nSPS) is 8.57. The Labute approximate surface area is 165 Å². The van der Waals surface area contributed by atoms with E-state index in [1.807, 2.05) is 0 Å². The number of carboxylic acid groups (broad SMARTS) is 2. The van der Waals surface area contributed by atoms with E-state index in [0.717, 1.165) is 11.1 Å². The van der Waals surface area contributed by atoms with Crippen molar-refractivity contribution >= 4 is 11.9 Å². The van der Waals surface area contributed by atoms with Gasteiger partial charge in [-0.25, -0.2) is 0 Å². The van der Waals surface area contributed by atoms with Gasteiger partial charge in [-0.2, -0.15) is 0 Å². The van der Waals surface area contributed by atoms with Crippen molar-refractivity contribution in [2.45, 2.75) is 0 Å². The Kier molecular flexibility index (Phi) is 10.9. The van der Waals surface area contributed by atoms with Crippen molar-refractivity contribution in [3.8, 4) is 11.1 Å². The van der Waals surface area contributed by atoms with E-state index in [4.69, 9.17) is 0 Å². The molecule has 98 valence electrons. The minimum Gasteiger partial charge on any atom is -0.545 e. The van der Waals surface area contributed by atoms with Crippen molar-refractivity contribution in [1.82, 2.24) is 0 Å². The maximum atomic E-state index is 10.6. The molecular formula is C14H10Na2O5. The van der Waals surface area contributed by atoms with Gasteiger partial charge in [-0.3, -0.25) is 0 Å². The minimum atomic E-state index is -1.23. The third kappa shape index (κ3) is 5.92. The molecule has 2 rings (SSSR count). The van der Waals surface area contributed by atoms with Gasteiger partial charge in [0, 0.05) is 0 Å². The molecule has 2 N–H and O–H groups in total. The first-order valence-electron chi connectivity index (χ1n) is 5.21. The summed E-state index contributed by atoms with van der Waals surface area (Å²) in [5.74, 6) is -2.46. The van der Waals surface area contributed by atoms with Crippen molar-refractivity contribution in [2.24, 2.45) is 0 Å². The zero-order valence-corrected chi connectivity index (χ0v) is 15.8. The predicted octanol–water partition coefficient (Wildman–Crippen LogP) is -6.74. The van der Waals surface area contributed by atoms with E-state index in [-0.39, 0.29) is 75.7 Å². The van der Waals surface area contributed by atoms with Crippen LogP contribution in [0.5, 0.6) is 0 Å². The molecule has 0 atom stereocenters. The van der Waals surface area contributed by atoms with Gasteiger partial charge in [0.05, 0.1) is 11.9 Å². The van der Waals surface area contributed by atoms with Crippen LogP contribution in [0.1, 0.15) is 20.7 Å². The van der Waals surface area contributed by atoms with E-state index >= 15 is 0 Å². The molecule has 5 nitrogen and oxygen atoms in total. The third-order valence-corrected chi connectivity index (χ3v) is 2.57. The van der Waals surface area contributed by atoms with Gasteiger partial charge in [-0.15, -0.1) is 0 Å². The molecule has 7 heteroatoms. The van der Waals surface area contributed by atoms with Crippen LogP contribution in [0.2, 0.25) is 0 Å². The van der Waals surface area contributed by atoms with Crippen LogP contribution in [0.3, 0.4) is 0 Å². The second-order valence-corrected chi connectivity index (χ2v) is 3.73. The fourth-order valence-corrected chi connectivity index (χ4v) is 1.60. The molecule has 0 aliphatic heterocycles. The molecule has 21 heavy (non-hydrogen) atoms. The number of rotatable bonds is 3. The fourth-order valence-electron chi connectivity index (χ4n) is 1.60. The average molecular weight is 304 g/mol. The number of aromatic carboxylic acids is 2. The van der Waals surface area contributed by atoms with E-state index in [0.29, 0.717) is 0 Å². The van der Waals surface area contributed by atoms with Gasteiger partial charge in [0.2, 0.25) is 0 Å². The van der Waals surface area contributed by atoms with Gasteiger partial charge in [0.1, 0.15) is 0 Å². The molecule has 0 radical (unpaired) electrons. The van der Waals surface area contributed by atoms with Gasteiger partial charge in [-0.05, 0) is 22.3 Å². The summed E-state index contributed by atoms with van der Waals surface area (Å²) in [5.41, 5.74) is 1.80. The van der Waals surface area contributed by atoms with Crippen molar-refractivity contribution in [1.29, 1.82) is 0 Å². The molecule has 0 aliphatic rings. The number of carbonyl (C=O) groups is 2. The number of benzene rings is 2. The molecule has 0 aliphatic carbocycles. The smallest absolute Gasteiger partial charge is 0.545 e. The Balaban J connectivity index is 0. The Hall–Kier alpha value is -0.660.